The Kier molecular flexibility index (Phi) is 5.28. The summed E-state index contributed by atoms with van der Waals surface area (Å²) in [6.45, 7) is 3.43. The summed E-state index contributed by atoms with van der Waals surface area (Å²) in [6.07, 6.45) is 5.25. The molecule has 0 atom stereocenters. The van der Waals surface area contributed by atoms with Gasteiger partial charge in [-0.25, -0.2) is 4.98 Å². The van der Waals surface area contributed by atoms with Gasteiger partial charge in [-0.15, -0.1) is 0 Å². The summed E-state index contributed by atoms with van der Waals surface area (Å²) in [6, 6.07) is 14.3. The van der Waals surface area contributed by atoms with Gasteiger partial charge in [0.1, 0.15) is 0 Å². The third-order valence-electron chi connectivity index (χ3n) is 5.18. The van der Waals surface area contributed by atoms with Gasteiger partial charge in [-0.05, 0) is 69.5 Å². The number of nitrogens with one attached hydrogen (secondary N) is 1. The molecule has 1 aromatic heterocycles. The van der Waals surface area contributed by atoms with Gasteiger partial charge >= 0.3 is 0 Å². The van der Waals surface area contributed by atoms with E-state index >= 15 is 0 Å². The summed E-state index contributed by atoms with van der Waals surface area (Å²) < 4.78 is 0. The van der Waals surface area contributed by atoms with Gasteiger partial charge in [0.15, 0.2) is 0 Å². The number of pyridine rings is 1. The predicted octanol–water partition coefficient (Wildman–Crippen LogP) is 5.58. The van der Waals surface area contributed by atoms with Gasteiger partial charge in [-0.2, -0.15) is 0 Å². The van der Waals surface area contributed by atoms with Gasteiger partial charge in [0.05, 0.1) is 16.7 Å². The second-order valence-electron chi connectivity index (χ2n) is 7.50. The number of nitrogens with zero attached hydrogens (tertiary/aromatic N) is 2. The highest BCUT2D eigenvalue weighted by Gasteiger charge is 2.22. The maximum Gasteiger partial charge on any atom is 0.0745 e. The topological polar surface area (TPSA) is 28.2 Å². The Balaban J connectivity index is 1.45. The van der Waals surface area contributed by atoms with Crippen molar-refractivity contribution in [2.75, 3.05) is 32.0 Å². The Bertz CT molecular complexity index is 904. The summed E-state index contributed by atoms with van der Waals surface area (Å²) in [5.41, 5.74) is 3.13. The normalized spacial score (nSPS) is 14.4. The fourth-order valence-electron chi connectivity index (χ4n) is 3.61. The van der Waals surface area contributed by atoms with E-state index in [0.717, 1.165) is 33.9 Å². The van der Waals surface area contributed by atoms with Crippen molar-refractivity contribution in [2.24, 2.45) is 5.92 Å². The van der Waals surface area contributed by atoms with E-state index in [0.29, 0.717) is 0 Å². The molecule has 3 aromatic rings. The molecule has 1 heterocycles. The maximum absolute atomic E-state index is 6.17. The van der Waals surface area contributed by atoms with Crippen LogP contribution in [0, 0.1) is 5.92 Å². The number of anilines is 1. The van der Waals surface area contributed by atoms with E-state index in [4.69, 9.17) is 16.6 Å². The largest absolute Gasteiger partial charge is 0.384 e. The zero-order valence-electron chi connectivity index (χ0n) is 15.3. The van der Waals surface area contributed by atoms with Crippen LogP contribution < -0.4 is 5.32 Å². The van der Waals surface area contributed by atoms with Gasteiger partial charge in [0.2, 0.25) is 0 Å². The molecule has 3 nitrogen and oxygen atoms in total. The quantitative estimate of drug-likeness (QED) is 0.416. The minimum atomic E-state index is 0.727. The highest BCUT2D eigenvalue weighted by atomic mass is 35.5. The molecular weight excluding hydrogens is 342 g/mol. The SMILES string of the molecule is CN(CCCCNc1c2ccccc2nc2cc(Cl)ccc12)CC1CC1. The van der Waals surface area contributed by atoms with Gasteiger partial charge in [-0.1, -0.05) is 29.8 Å². The minimum Gasteiger partial charge on any atom is -0.384 e. The molecule has 0 saturated heterocycles. The predicted molar refractivity (Wildman–Crippen MR) is 112 cm³/mol. The molecule has 0 bridgehead atoms. The van der Waals surface area contributed by atoms with Crippen molar-refractivity contribution < 1.29 is 0 Å². The van der Waals surface area contributed by atoms with E-state index in [-0.39, 0.29) is 0 Å². The van der Waals surface area contributed by atoms with Crippen molar-refractivity contribution in [3.63, 3.8) is 0 Å². The molecule has 0 spiro atoms. The van der Waals surface area contributed by atoms with Crippen molar-refractivity contribution in [1.29, 1.82) is 0 Å². The molecule has 0 unspecified atom stereocenters. The molecule has 0 aliphatic heterocycles. The number of rotatable bonds is 8. The van der Waals surface area contributed by atoms with Crippen LogP contribution in [0.5, 0.6) is 0 Å². The lowest BCUT2D eigenvalue weighted by atomic mass is 10.1. The van der Waals surface area contributed by atoms with Crippen LogP contribution in [-0.4, -0.2) is 36.6 Å². The molecule has 1 N–H and O–H groups in total. The summed E-state index contributed by atoms with van der Waals surface area (Å²) in [4.78, 5) is 7.25. The third-order valence-corrected chi connectivity index (χ3v) is 5.41. The van der Waals surface area contributed by atoms with Crippen LogP contribution in [0.3, 0.4) is 0 Å². The minimum absolute atomic E-state index is 0.727. The van der Waals surface area contributed by atoms with Gasteiger partial charge in [-0.3, -0.25) is 0 Å². The second-order valence-corrected chi connectivity index (χ2v) is 7.94. The molecule has 0 radical (unpaired) electrons. The number of halogens is 1. The average Bonchev–Trinajstić information content (AvgIpc) is 3.44. The van der Waals surface area contributed by atoms with Crippen molar-refractivity contribution >= 4 is 39.1 Å². The molecule has 0 amide bonds. The van der Waals surface area contributed by atoms with E-state index in [9.17, 15) is 0 Å². The number of fused-ring (bicyclic) bond motifs is 2. The maximum atomic E-state index is 6.17. The van der Waals surface area contributed by atoms with Gasteiger partial charge in [0, 0.05) is 28.9 Å². The van der Waals surface area contributed by atoms with Crippen LogP contribution in [0.25, 0.3) is 21.8 Å². The Morgan fingerprint density at radius 2 is 1.88 bits per heavy atom. The Morgan fingerprint density at radius 1 is 1.08 bits per heavy atom. The van der Waals surface area contributed by atoms with Crippen molar-refractivity contribution in [3.8, 4) is 0 Å². The fourth-order valence-corrected chi connectivity index (χ4v) is 3.78. The van der Waals surface area contributed by atoms with E-state index < -0.39 is 0 Å². The molecule has 1 saturated carbocycles. The first-order valence-corrected chi connectivity index (χ1v) is 9.99. The van der Waals surface area contributed by atoms with E-state index in [1.165, 1.54) is 49.8 Å². The van der Waals surface area contributed by atoms with E-state index in [1.54, 1.807) is 0 Å². The fraction of sp³-hybridized carbons (Fsp3) is 0.409. The molecule has 4 heteroatoms. The van der Waals surface area contributed by atoms with Gasteiger partial charge in [0.25, 0.3) is 0 Å². The Labute approximate surface area is 160 Å². The number of benzene rings is 2. The van der Waals surface area contributed by atoms with Crippen molar-refractivity contribution in [1.82, 2.24) is 9.88 Å². The molecule has 4 rings (SSSR count). The van der Waals surface area contributed by atoms with Gasteiger partial charge < -0.3 is 10.2 Å². The number of hydrogen-bond acceptors (Lipinski definition) is 3. The van der Waals surface area contributed by atoms with Crippen LogP contribution in [0.15, 0.2) is 42.5 Å². The molecule has 26 heavy (non-hydrogen) atoms. The Hall–Kier alpha value is -1.84. The zero-order chi connectivity index (χ0) is 17.9. The summed E-state index contributed by atoms with van der Waals surface area (Å²) >= 11 is 6.17. The highest BCUT2D eigenvalue weighted by molar-refractivity contribution is 6.31. The average molecular weight is 368 g/mol. The number of unbranched alkanes of at least 4 members (excludes halogenated alkanes) is 1. The first-order valence-electron chi connectivity index (χ1n) is 9.61. The smallest absolute Gasteiger partial charge is 0.0745 e. The number of para-hydroxylation sites is 1. The third kappa shape index (κ3) is 4.11. The zero-order valence-corrected chi connectivity index (χ0v) is 16.1. The summed E-state index contributed by atoms with van der Waals surface area (Å²) in [5.74, 6) is 0.972. The van der Waals surface area contributed by atoms with E-state index in [2.05, 4.69) is 41.5 Å². The Morgan fingerprint density at radius 3 is 2.73 bits per heavy atom. The molecule has 1 fully saturated rings. The van der Waals surface area contributed by atoms with Crippen LogP contribution >= 0.6 is 11.6 Å². The lowest BCUT2D eigenvalue weighted by Gasteiger charge is -2.17. The molecule has 1 aliphatic carbocycles. The molecule has 2 aromatic carbocycles. The molecule has 1 aliphatic rings. The number of aromatic nitrogens is 1. The lowest BCUT2D eigenvalue weighted by molar-refractivity contribution is 0.314. The highest BCUT2D eigenvalue weighted by Crippen LogP contribution is 2.32. The van der Waals surface area contributed by atoms with Crippen LogP contribution in [0.4, 0.5) is 5.69 Å². The van der Waals surface area contributed by atoms with Crippen molar-refractivity contribution in [2.45, 2.75) is 25.7 Å². The van der Waals surface area contributed by atoms with E-state index in [1.807, 2.05) is 18.2 Å². The second kappa shape index (κ2) is 7.81. The first-order chi connectivity index (χ1) is 12.7. The van der Waals surface area contributed by atoms with Crippen LogP contribution in [0.2, 0.25) is 5.02 Å². The number of hydrogen-bond donors (Lipinski definition) is 1. The van der Waals surface area contributed by atoms with Crippen LogP contribution in [0.1, 0.15) is 25.7 Å². The molecular formula is C22H26ClN3. The monoisotopic (exact) mass is 367 g/mol. The standard InChI is InChI=1S/C22H26ClN3/c1-26(15-16-8-9-16)13-5-4-12-24-22-18-6-2-3-7-20(18)25-21-14-17(23)10-11-19(21)22/h2-3,6-7,10-11,14,16H,4-5,8-9,12-13,15H2,1H3,(H,24,25). The first kappa shape index (κ1) is 17.6. The molecule has 136 valence electrons. The van der Waals surface area contributed by atoms with Crippen molar-refractivity contribution in [3.05, 3.63) is 47.5 Å². The summed E-state index contributed by atoms with van der Waals surface area (Å²) in [5, 5.41) is 6.71. The lowest BCUT2D eigenvalue weighted by Crippen LogP contribution is -2.22. The van der Waals surface area contributed by atoms with Crippen LogP contribution in [-0.2, 0) is 0 Å². The summed E-state index contributed by atoms with van der Waals surface area (Å²) in [7, 11) is 2.25.